The molecule has 0 spiro atoms. The van der Waals surface area contributed by atoms with Gasteiger partial charge in [-0.25, -0.2) is 0 Å². The second kappa shape index (κ2) is 5.81. The summed E-state index contributed by atoms with van der Waals surface area (Å²) in [5.41, 5.74) is 11.9. The van der Waals surface area contributed by atoms with Crippen molar-refractivity contribution in [3.05, 3.63) is 93.5 Å². The van der Waals surface area contributed by atoms with Crippen molar-refractivity contribution in [3.8, 4) is 22.3 Å². The van der Waals surface area contributed by atoms with Crippen molar-refractivity contribution in [1.29, 1.82) is 0 Å². The molecule has 0 atom stereocenters. The highest BCUT2D eigenvalue weighted by Crippen LogP contribution is 2.45. The first-order valence-corrected chi connectivity index (χ1v) is 10.5. The van der Waals surface area contributed by atoms with E-state index >= 15 is 0 Å². The molecule has 4 aromatic rings. The Bertz CT molecular complexity index is 1180. The molecule has 0 amide bonds. The Morgan fingerprint density at radius 3 is 1.70 bits per heavy atom. The van der Waals surface area contributed by atoms with Gasteiger partial charge in [0.25, 0.3) is 0 Å². The van der Waals surface area contributed by atoms with Crippen LogP contribution in [0.25, 0.3) is 33.0 Å². The summed E-state index contributed by atoms with van der Waals surface area (Å²) in [5.74, 6) is 0. The van der Waals surface area contributed by atoms with Crippen LogP contribution in [0.15, 0.2) is 71.2 Å². The lowest BCUT2D eigenvalue weighted by Gasteiger charge is -2.30. The SMILES string of the molecule is Brc1cc2c3c(c1)CCc1cc(-c4ccc5ccccc5c4)cc(c1-3)CC2. The Balaban J connectivity index is 1.56. The van der Waals surface area contributed by atoms with Gasteiger partial charge in [-0.2, -0.15) is 0 Å². The zero-order valence-electron chi connectivity index (χ0n) is 15.1. The summed E-state index contributed by atoms with van der Waals surface area (Å²) in [6.07, 6.45) is 4.59. The normalized spacial score (nSPS) is 14.3. The smallest absolute Gasteiger partial charge is 0.0181 e. The molecule has 2 aliphatic rings. The maximum absolute atomic E-state index is 3.70. The third-order valence-electron chi connectivity index (χ3n) is 6.23. The molecule has 2 aliphatic carbocycles. The minimum atomic E-state index is 1.15. The van der Waals surface area contributed by atoms with Gasteiger partial charge in [0, 0.05) is 4.47 Å². The van der Waals surface area contributed by atoms with Crippen LogP contribution < -0.4 is 0 Å². The zero-order valence-corrected chi connectivity index (χ0v) is 16.6. The van der Waals surface area contributed by atoms with E-state index in [2.05, 4.69) is 82.7 Å². The second-order valence-corrected chi connectivity index (χ2v) is 8.75. The maximum atomic E-state index is 3.70. The van der Waals surface area contributed by atoms with Crippen LogP contribution in [-0.4, -0.2) is 0 Å². The highest BCUT2D eigenvalue weighted by Gasteiger charge is 2.26. The van der Waals surface area contributed by atoms with Crippen LogP contribution in [0.3, 0.4) is 0 Å². The molecule has 0 radical (unpaired) electrons. The first kappa shape index (κ1) is 15.7. The topological polar surface area (TPSA) is 0 Å². The highest BCUT2D eigenvalue weighted by molar-refractivity contribution is 9.10. The molecule has 27 heavy (non-hydrogen) atoms. The average molecular weight is 411 g/mol. The average Bonchev–Trinajstić information content (AvgIpc) is 2.71. The number of halogens is 1. The van der Waals surface area contributed by atoms with E-state index in [4.69, 9.17) is 0 Å². The van der Waals surface area contributed by atoms with Gasteiger partial charge >= 0.3 is 0 Å². The molecule has 6 rings (SSSR count). The van der Waals surface area contributed by atoms with Gasteiger partial charge in [-0.05, 0) is 99.2 Å². The molecular weight excluding hydrogens is 392 g/mol. The van der Waals surface area contributed by atoms with Crippen molar-refractivity contribution in [2.24, 2.45) is 0 Å². The lowest BCUT2D eigenvalue weighted by Crippen LogP contribution is -2.14. The van der Waals surface area contributed by atoms with Crippen LogP contribution in [0.1, 0.15) is 22.3 Å². The molecule has 130 valence electrons. The molecular formula is C26H19Br. The summed E-state index contributed by atoms with van der Waals surface area (Å²) in [4.78, 5) is 0. The van der Waals surface area contributed by atoms with Gasteiger partial charge in [-0.1, -0.05) is 64.5 Å². The summed E-state index contributed by atoms with van der Waals surface area (Å²) in [6.45, 7) is 0. The van der Waals surface area contributed by atoms with Crippen LogP contribution in [0.2, 0.25) is 0 Å². The molecule has 0 N–H and O–H groups in total. The lowest BCUT2D eigenvalue weighted by molar-refractivity contribution is 0.875. The molecule has 0 fully saturated rings. The Morgan fingerprint density at radius 2 is 1.07 bits per heavy atom. The fraction of sp³-hybridized carbons (Fsp3) is 0.154. The van der Waals surface area contributed by atoms with Crippen LogP contribution in [-0.2, 0) is 25.7 Å². The summed E-state index contributed by atoms with van der Waals surface area (Å²) >= 11 is 3.70. The van der Waals surface area contributed by atoms with E-state index in [1.165, 1.54) is 59.8 Å². The zero-order chi connectivity index (χ0) is 18.0. The fourth-order valence-electron chi connectivity index (χ4n) is 5.00. The molecule has 0 nitrogen and oxygen atoms in total. The van der Waals surface area contributed by atoms with Crippen molar-refractivity contribution in [2.45, 2.75) is 25.7 Å². The van der Waals surface area contributed by atoms with E-state index in [9.17, 15) is 0 Å². The van der Waals surface area contributed by atoms with Gasteiger partial charge in [0.15, 0.2) is 0 Å². The monoisotopic (exact) mass is 410 g/mol. The Hall–Kier alpha value is -2.38. The molecule has 0 unspecified atom stereocenters. The molecule has 4 aromatic carbocycles. The van der Waals surface area contributed by atoms with E-state index < -0.39 is 0 Å². The van der Waals surface area contributed by atoms with Crippen molar-refractivity contribution in [1.82, 2.24) is 0 Å². The van der Waals surface area contributed by atoms with E-state index in [-0.39, 0.29) is 0 Å². The van der Waals surface area contributed by atoms with E-state index in [1.807, 2.05) is 0 Å². The first-order valence-electron chi connectivity index (χ1n) is 9.73. The Labute approximate surface area is 168 Å². The molecule has 1 heteroatoms. The minimum absolute atomic E-state index is 1.15. The second-order valence-electron chi connectivity index (χ2n) is 7.83. The van der Waals surface area contributed by atoms with Gasteiger partial charge in [-0.15, -0.1) is 0 Å². The van der Waals surface area contributed by atoms with Crippen molar-refractivity contribution in [2.75, 3.05) is 0 Å². The number of benzene rings is 4. The van der Waals surface area contributed by atoms with E-state index in [0.717, 1.165) is 25.7 Å². The molecule has 0 heterocycles. The molecule has 0 aromatic heterocycles. The van der Waals surface area contributed by atoms with E-state index in [1.54, 1.807) is 0 Å². The van der Waals surface area contributed by atoms with Crippen LogP contribution in [0.4, 0.5) is 0 Å². The minimum Gasteiger partial charge on any atom is -0.0616 e. The Morgan fingerprint density at radius 1 is 0.519 bits per heavy atom. The molecule has 0 saturated heterocycles. The van der Waals surface area contributed by atoms with Crippen LogP contribution in [0, 0.1) is 0 Å². The number of rotatable bonds is 1. The predicted molar refractivity (Wildman–Crippen MR) is 117 cm³/mol. The van der Waals surface area contributed by atoms with Crippen LogP contribution >= 0.6 is 15.9 Å². The van der Waals surface area contributed by atoms with Crippen molar-refractivity contribution < 1.29 is 0 Å². The number of hydrogen-bond acceptors (Lipinski definition) is 0. The first-order chi connectivity index (χ1) is 13.3. The molecule has 0 aliphatic heterocycles. The Kier molecular flexibility index (Phi) is 3.37. The van der Waals surface area contributed by atoms with Gasteiger partial charge in [0.2, 0.25) is 0 Å². The third-order valence-corrected chi connectivity index (χ3v) is 6.69. The summed E-state index contributed by atoms with van der Waals surface area (Å²) < 4.78 is 1.23. The maximum Gasteiger partial charge on any atom is 0.0181 e. The van der Waals surface area contributed by atoms with Gasteiger partial charge in [-0.3, -0.25) is 0 Å². The van der Waals surface area contributed by atoms with Gasteiger partial charge < -0.3 is 0 Å². The molecule has 0 bridgehead atoms. The standard InChI is InChI=1S/C26H19Br/c27-24-14-21-9-7-19-12-23(13-20-8-10-22(15-24)26(21)25(19)20)18-6-5-16-3-1-2-4-17(16)11-18/h1-6,11-15H,7-10H2. The fourth-order valence-corrected chi connectivity index (χ4v) is 5.55. The van der Waals surface area contributed by atoms with Crippen molar-refractivity contribution in [3.63, 3.8) is 0 Å². The summed E-state index contributed by atoms with van der Waals surface area (Å²) in [6, 6.07) is 25.0. The number of aryl methyl sites for hydroxylation is 4. The van der Waals surface area contributed by atoms with E-state index in [0.29, 0.717) is 0 Å². The summed E-state index contributed by atoms with van der Waals surface area (Å²) in [5, 5.41) is 2.63. The summed E-state index contributed by atoms with van der Waals surface area (Å²) in [7, 11) is 0. The van der Waals surface area contributed by atoms with Gasteiger partial charge in [0.1, 0.15) is 0 Å². The lowest BCUT2D eigenvalue weighted by atomic mass is 9.74. The van der Waals surface area contributed by atoms with Gasteiger partial charge in [0.05, 0.1) is 0 Å². The third kappa shape index (κ3) is 2.41. The number of fused-ring (bicyclic) bond motifs is 1. The highest BCUT2D eigenvalue weighted by atomic mass is 79.9. The predicted octanol–water partition coefficient (Wildman–Crippen LogP) is 7.13. The molecule has 0 saturated carbocycles. The van der Waals surface area contributed by atoms with Crippen molar-refractivity contribution >= 4 is 26.7 Å². The number of hydrogen-bond donors (Lipinski definition) is 0. The quantitative estimate of drug-likeness (QED) is 0.312. The largest absolute Gasteiger partial charge is 0.0616 e. The van der Waals surface area contributed by atoms with Crippen LogP contribution in [0.5, 0.6) is 0 Å².